The molecule has 0 aliphatic rings. The lowest BCUT2D eigenvalue weighted by Gasteiger charge is -2.05. The lowest BCUT2D eigenvalue weighted by molar-refractivity contribution is 0.102. The Morgan fingerprint density at radius 2 is 1.82 bits per heavy atom. The summed E-state index contributed by atoms with van der Waals surface area (Å²) < 4.78 is 0. The molecule has 0 spiro atoms. The SMILES string of the molecule is N#CC(C#N)=NNc1ccc(C(=O)Nc2cccnc2)cc1. The second kappa shape index (κ2) is 7.17. The standard InChI is InChI=1S/C15H10N6O/c16-8-14(9-17)21-20-12-5-3-11(4-6-12)15(22)19-13-2-1-7-18-10-13/h1-7,10,20H,(H,19,22). The number of hydrogen-bond acceptors (Lipinski definition) is 6. The number of hydrogen-bond donors (Lipinski definition) is 2. The van der Waals surface area contributed by atoms with Gasteiger partial charge in [-0.1, -0.05) is 0 Å². The van der Waals surface area contributed by atoms with Crippen LogP contribution in [0.1, 0.15) is 10.4 Å². The van der Waals surface area contributed by atoms with Crippen LogP contribution in [0.2, 0.25) is 0 Å². The topological polar surface area (TPSA) is 114 Å². The van der Waals surface area contributed by atoms with Crippen LogP contribution < -0.4 is 10.7 Å². The molecule has 7 nitrogen and oxygen atoms in total. The van der Waals surface area contributed by atoms with E-state index in [1.54, 1.807) is 60.9 Å². The van der Waals surface area contributed by atoms with Gasteiger partial charge in [-0.15, -0.1) is 0 Å². The quantitative estimate of drug-likeness (QED) is 0.661. The van der Waals surface area contributed by atoms with Crippen LogP contribution in [0.5, 0.6) is 0 Å². The normalized spacial score (nSPS) is 9.00. The van der Waals surface area contributed by atoms with Crippen molar-refractivity contribution in [2.75, 3.05) is 10.7 Å². The summed E-state index contributed by atoms with van der Waals surface area (Å²) in [6.45, 7) is 0. The Bertz CT molecular complexity index is 752. The van der Waals surface area contributed by atoms with Gasteiger partial charge < -0.3 is 5.32 Å². The van der Waals surface area contributed by atoms with E-state index in [1.165, 1.54) is 0 Å². The molecule has 1 heterocycles. The number of nitriles is 2. The predicted octanol–water partition coefficient (Wildman–Crippen LogP) is 2.15. The Morgan fingerprint density at radius 3 is 2.41 bits per heavy atom. The van der Waals surface area contributed by atoms with Crippen molar-refractivity contribution >= 4 is 23.0 Å². The van der Waals surface area contributed by atoms with Gasteiger partial charge in [0.15, 0.2) is 0 Å². The third-order valence-corrected chi connectivity index (χ3v) is 2.58. The number of carbonyl (C=O) groups excluding carboxylic acids is 1. The van der Waals surface area contributed by atoms with E-state index >= 15 is 0 Å². The van der Waals surface area contributed by atoms with E-state index < -0.39 is 0 Å². The maximum absolute atomic E-state index is 12.0. The molecule has 0 fully saturated rings. The largest absolute Gasteiger partial charge is 0.321 e. The molecule has 106 valence electrons. The summed E-state index contributed by atoms with van der Waals surface area (Å²) in [5.74, 6) is -0.266. The highest BCUT2D eigenvalue weighted by molar-refractivity contribution is 6.10. The summed E-state index contributed by atoms with van der Waals surface area (Å²) in [5.41, 5.74) is 3.90. The fourth-order valence-electron chi connectivity index (χ4n) is 1.53. The van der Waals surface area contributed by atoms with Crippen molar-refractivity contribution in [2.24, 2.45) is 5.10 Å². The zero-order valence-corrected chi connectivity index (χ0v) is 11.3. The first kappa shape index (κ1) is 14.7. The average molecular weight is 290 g/mol. The minimum Gasteiger partial charge on any atom is -0.321 e. The van der Waals surface area contributed by atoms with Crippen LogP contribution in [-0.4, -0.2) is 16.6 Å². The molecule has 2 rings (SSSR count). The van der Waals surface area contributed by atoms with Crippen molar-refractivity contribution < 1.29 is 4.79 Å². The van der Waals surface area contributed by atoms with Crippen LogP contribution in [0, 0.1) is 22.7 Å². The molecule has 22 heavy (non-hydrogen) atoms. The van der Waals surface area contributed by atoms with Gasteiger partial charge in [0.1, 0.15) is 12.1 Å². The summed E-state index contributed by atoms with van der Waals surface area (Å²) in [4.78, 5) is 15.9. The summed E-state index contributed by atoms with van der Waals surface area (Å²) in [5, 5.41) is 23.4. The molecule has 0 aliphatic heterocycles. The first-order valence-electron chi connectivity index (χ1n) is 6.18. The van der Waals surface area contributed by atoms with Gasteiger partial charge >= 0.3 is 0 Å². The molecule has 2 N–H and O–H groups in total. The molecular formula is C15H10N6O. The van der Waals surface area contributed by atoms with E-state index in [2.05, 4.69) is 20.8 Å². The molecular weight excluding hydrogens is 280 g/mol. The molecule has 0 saturated heterocycles. The molecule has 0 saturated carbocycles. The van der Waals surface area contributed by atoms with Gasteiger partial charge in [-0.25, -0.2) is 0 Å². The van der Waals surface area contributed by atoms with Crippen LogP contribution in [-0.2, 0) is 0 Å². The lowest BCUT2D eigenvalue weighted by atomic mass is 10.2. The maximum atomic E-state index is 12.0. The van der Waals surface area contributed by atoms with E-state index in [0.29, 0.717) is 16.9 Å². The molecule has 1 amide bonds. The second-order valence-electron chi connectivity index (χ2n) is 4.07. The van der Waals surface area contributed by atoms with Gasteiger partial charge in [-0.05, 0) is 36.4 Å². The lowest BCUT2D eigenvalue weighted by Crippen LogP contribution is -2.11. The van der Waals surface area contributed by atoms with Gasteiger partial charge in [0.05, 0.1) is 17.6 Å². The highest BCUT2D eigenvalue weighted by Crippen LogP contribution is 2.12. The number of aromatic nitrogens is 1. The zero-order chi connectivity index (χ0) is 15.8. The molecule has 0 radical (unpaired) electrons. The molecule has 0 aliphatic carbocycles. The number of benzene rings is 1. The minimum atomic E-state index is -0.279. The third-order valence-electron chi connectivity index (χ3n) is 2.58. The second-order valence-corrected chi connectivity index (χ2v) is 4.07. The van der Waals surface area contributed by atoms with Crippen molar-refractivity contribution in [2.45, 2.75) is 0 Å². The number of pyridine rings is 1. The first-order chi connectivity index (χ1) is 10.7. The molecule has 1 aromatic carbocycles. The van der Waals surface area contributed by atoms with Gasteiger partial charge in [0, 0.05) is 11.8 Å². The predicted molar refractivity (Wildman–Crippen MR) is 80.9 cm³/mol. The zero-order valence-electron chi connectivity index (χ0n) is 11.3. The van der Waals surface area contributed by atoms with Crippen LogP contribution in [0.15, 0.2) is 53.9 Å². The van der Waals surface area contributed by atoms with Gasteiger partial charge in [0.2, 0.25) is 5.71 Å². The highest BCUT2D eigenvalue weighted by atomic mass is 16.1. The summed E-state index contributed by atoms with van der Waals surface area (Å²) in [7, 11) is 0. The number of hydrazone groups is 1. The molecule has 0 unspecified atom stereocenters. The Labute approximate surface area is 126 Å². The number of nitrogens with one attached hydrogen (secondary N) is 2. The van der Waals surface area contributed by atoms with Crippen molar-refractivity contribution in [1.82, 2.24) is 4.98 Å². The number of rotatable bonds is 4. The van der Waals surface area contributed by atoms with Crippen LogP contribution >= 0.6 is 0 Å². The van der Waals surface area contributed by atoms with Gasteiger partial charge in [-0.3, -0.25) is 15.2 Å². The average Bonchev–Trinajstić information content (AvgIpc) is 2.57. The molecule has 7 heteroatoms. The van der Waals surface area contributed by atoms with Crippen molar-refractivity contribution in [1.29, 1.82) is 10.5 Å². The maximum Gasteiger partial charge on any atom is 0.255 e. The molecule has 0 bridgehead atoms. The van der Waals surface area contributed by atoms with E-state index in [9.17, 15) is 4.79 Å². The Kier molecular flexibility index (Phi) is 4.79. The summed E-state index contributed by atoms with van der Waals surface area (Å²) in [6.07, 6.45) is 3.17. The highest BCUT2D eigenvalue weighted by Gasteiger charge is 2.05. The third kappa shape index (κ3) is 3.89. The summed E-state index contributed by atoms with van der Waals surface area (Å²) >= 11 is 0. The van der Waals surface area contributed by atoms with Crippen LogP contribution in [0.25, 0.3) is 0 Å². The van der Waals surface area contributed by atoms with E-state index in [4.69, 9.17) is 10.5 Å². The number of anilines is 2. The Balaban J connectivity index is 2.03. The number of carbonyl (C=O) groups is 1. The first-order valence-corrected chi connectivity index (χ1v) is 6.18. The number of amides is 1. The Morgan fingerprint density at radius 1 is 1.09 bits per heavy atom. The van der Waals surface area contributed by atoms with Gasteiger partial charge in [0.25, 0.3) is 5.91 Å². The molecule has 2 aromatic rings. The monoisotopic (exact) mass is 290 g/mol. The van der Waals surface area contributed by atoms with Crippen molar-refractivity contribution in [3.05, 3.63) is 54.4 Å². The minimum absolute atomic E-state index is 0.266. The van der Waals surface area contributed by atoms with Crippen molar-refractivity contribution in [3.8, 4) is 12.1 Å². The smallest absolute Gasteiger partial charge is 0.255 e. The molecule has 1 aromatic heterocycles. The van der Waals surface area contributed by atoms with E-state index in [-0.39, 0.29) is 11.6 Å². The van der Waals surface area contributed by atoms with E-state index in [1.807, 2.05) is 0 Å². The van der Waals surface area contributed by atoms with Gasteiger partial charge in [-0.2, -0.15) is 15.6 Å². The fourth-order valence-corrected chi connectivity index (χ4v) is 1.53. The fraction of sp³-hybridized carbons (Fsp3) is 0. The van der Waals surface area contributed by atoms with Crippen LogP contribution in [0.3, 0.4) is 0 Å². The number of nitrogens with zero attached hydrogens (tertiary/aromatic N) is 4. The molecule has 0 atom stereocenters. The Hall–Kier alpha value is -3.71. The van der Waals surface area contributed by atoms with E-state index in [0.717, 1.165) is 0 Å². The summed E-state index contributed by atoms with van der Waals surface area (Å²) in [6, 6.07) is 13.2. The van der Waals surface area contributed by atoms with Crippen LogP contribution in [0.4, 0.5) is 11.4 Å². The van der Waals surface area contributed by atoms with Crippen molar-refractivity contribution in [3.63, 3.8) is 0 Å².